The molecule has 2 heterocycles. The summed E-state index contributed by atoms with van der Waals surface area (Å²) in [5.41, 5.74) is 9.56. The molecule has 184 valence electrons. The number of carbonyl (C=O) groups is 2. The third kappa shape index (κ3) is 5.67. The second-order valence-electron chi connectivity index (χ2n) is 10.0. The quantitative estimate of drug-likeness (QED) is 0.557. The maximum Gasteiger partial charge on any atom is 0.410 e. The molecule has 0 radical (unpaired) electrons. The van der Waals surface area contributed by atoms with Crippen molar-refractivity contribution in [3.63, 3.8) is 0 Å². The maximum absolute atomic E-state index is 13.8. The van der Waals surface area contributed by atoms with Crippen LogP contribution in [0.15, 0.2) is 66.9 Å². The molecule has 3 aromatic rings. The summed E-state index contributed by atoms with van der Waals surface area (Å²) in [6.45, 7) is 8.84. The number of ether oxygens (including phenoxy) is 1. The number of aromatic nitrogens is 1. The minimum absolute atomic E-state index is 0.0264. The fourth-order valence-corrected chi connectivity index (χ4v) is 4.48. The summed E-state index contributed by atoms with van der Waals surface area (Å²) in [6, 6.07) is 19.4. The number of hydrogen-bond donors (Lipinski definition) is 1. The number of nitrogen functional groups attached to an aromatic ring is 1. The lowest BCUT2D eigenvalue weighted by atomic mass is 10.0. The molecule has 0 spiro atoms. The Bertz CT molecular complexity index is 1180. The van der Waals surface area contributed by atoms with E-state index in [-0.39, 0.29) is 18.0 Å². The van der Waals surface area contributed by atoms with Crippen molar-refractivity contribution < 1.29 is 14.3 Å². The lowest BCUT2D eigenvalue weighted by Crippen LogP contribution is -2.58. The van der Waals surface area contributed by atoms with Crippen LogP contribution in [0.4, 0.5) is 10.5 Å². The summed E-state index contributed by atoms with van der Waals surface area (Å²) in [7, 11) is 0. The highest BCUT2D eigenvalue weighted by Gasteiger charge is 2.35. The molecule has 0 bridgehead atoms. The van der Waals surface area contributed by atoms with Crippen molar-refractivity contribution in [3.05, 3.63) is 83.7 Å². The van der Waals surface area contributed by atoms with Gasteiger partial charge >= 0.3 is 6.09 Å². The Morgan fingerprint density at radius 3 is 2.34 bits per heavy atom. The van der Waals surface area contributed by atoms with Crippen molar-refractivity contribution in [1.29, 1.82) is 0 Å². The van der Waals surface area contributed by atoms with Crippen molar-refractivity contribution >= 4 is 17.7 Å². The molecule has 1 saturated heterocycles. The molecule has 2 N–H and O–H groups in total. The zero-order chi connectivity index (χ0) is 25.2. The average molecular weight is 475 g/mol. The number of nitrogens with two attached hydrogens (primary N) is 1. The van der Waals surface area contributed by atoms with Crippen LogP contribution in [0.25, 0.3) is 5.69 Å². The van der Waals surface area contributed by atoms with Crippen molar-refractivity contribution in [1.82, 2.24) is 14.4 Å². The van der Waals surface area contributed by atoms with E-state index in [1.807, 2.05) is 91.9 Å². The number of benzene rings is 2. The molecule has 1 atom stereocenters. The van der Waals surface area contributed by atoms with E-state index < -0.39 is 5.60 Å². The first-order valence-corrected chi connectivity index (χ1v) is 12.0. The Balaban J connectivity index is 1.58. The zero-order valence-electron chi connectivity index (χ0n) is 20.9. The van der Waals surface area contributed by atoms with Crippen LogP contribution < -0.4 is 5.73 Å². The molecule has 1 unspecified atom stereocenters. The Morgan fingerprint density at radius 1 is 1.00 bits per heavy atom. The number of carbonyl (C=O) groups excluding carboxylic acids is 2. The van der Waals surface area contributed by atoms with Gasteiger partial charge in [0.15, 0.2) is 0 Å². The smallest absolute Gasteiger partial charge is 0.410 e. The Labute approximate surface area is 207 Å². The Kier molecular flexibility index (Phi) is 6.87. The molecule has 2 aromatic carbocycles. The number of hydrogen-bond acceptors (Lipinski definition) is 4. The Hall–Kier alpha value is -3.74. The average Bonchev–Trinajstić information content (AvgIpc) is 3.20. The van der Waals surface area contributed by atoms with E-state index in [1.54, 1.807) is 4.90 Å². The number of nitrogens with zero attached hydrogens (tertiary/aromatic N) is 3. The predicted octanol–water partition coefficient (Wildman–Crippen LogP) is 4.67. The minimum Gasteiger partial charge on any atom is -0.444 e. The highest BCUT2D eigenvalue weighted by atomic mass is 16.6. The summed E-state index contributed by atoms with van der Waals surface area (Å²) in [5, 5.41) is 0. The van der Waals surface area contributed by atoms with Crippen molar-refractivity contribution in [2.45, 2.75) is 45.8 Å². The van der Waals surface area contributed by atoms with Crippen LogP contribution in [-0.4, -0.2) is 57.6 Å². The maximum atomic E-state index is 13.8. The predicted molar refractivity (Wildman–Crippen MR) is 138 cm³/mol. The molecule has 0 saturated carbocycles. The van der Waals surface area contributed by atoms with Gasteiger partial charge in [0.2, 0.25) is 0 Å². The molecule has 7 heteroatoms. The molecule has 35 heavy (non-hydrogen) atoms. The van der Waals surface area contributed by atoms with Gasteiger partial charge in [-0.25, -0.2) is 4.79 Å². The van der Waals surface area contributed by atoms with Crippen LogP contribution >= 0.6 is 0 Å². The molecule has 2 amide bonds. The first kappa shape index (κ1) is 24.4. The summed E-state index contributed by atoms with van der Waals surface area (Å²) < 4.78 is 7.60. The number of amides is 2. The monoisotopic (exact) mass is 474 g/mol. The second-order valence-corrected chi connectivity index (χ2v) is 10.0. The van der Waals surface area contributed by atoms with Crippen LogP contribution in [0.1, 0.15) is 42.4 Å². The molecule has 4 rings (SSSR count). The molecule has 1 fully saturated rings. The van der Waals surface area contributed by atoms with E-state index in [1.165, 1.54) is 0 Å². The van der Waals surface area contributed by atoms with Crippen LogP contribution in [-0.2, 0) is 11.2 Å². The largest absolute Gasteiger partial charge is 0.444 e. The molecule has 7 nitrogen and oxygen atoms in total. The normalized spacial score (nSPS) is 16.3. The second kappa shape index (κ2) is 9.86. The van der Waals surface area contributed by atoms with Crippen molar-refractivity contribution in [2.24, 2.45) is 0 Å². The molecular weight excluding hydrogens is 440 g/mol. The summed E-state index contributed by atoms with van der Waals surface area (Å²) >= 11 is 0. The van der Waals surface area contributed by atoms with E-state index >= 15 is 0 Å². The van der Waals surface area contributed by atoms with Gasteiger partial charge in [-0.1, -0.05) is 30.3 Å². The van der Waals surface area contributed by atoms with Gasteiger partial charge in [0.1, 0.15) is 5.60 Å². The van der Waals surface area contributed by atoms with Gasteiger partial charge in [0.25, 0.3) is 5.91 Å². The highest BCUT2D eigenvalue weighted by Crippen LogP contribution is 2.24. The SMILES string of the molecule is Cc1c(C(=O)N2CCN(C(=O)OC(C)(C)C)CC2Cc2ccccc2)ccn1-c1ccc(N)cc1. The Morgan fingerprint density at radius 2 is 1.69 bits per heavy atom. The third-order valence-electron chi connectivity index (χ3n) is 6.25. The van der Waals surface area contributed by atoms with Crippen molar-refractivity contribution in [3.8, 4) is 5.69 Å². The van der Waals surface area contributed by atoms with Gasteiger partial charge in [-0.2, -0.15) is 0 Å². The zero-order valence-corrected chi connectivity index (χ0v) is 20.9. The standard InChI is InChI=1S/C28H34N4O3/c1-20-25(14-15-31(20)23-12-10-22(29)11-13-23)26(33)32-17-16-30(27(34)35-28(2,3)4)19-24(32)18-21-8-6-5-7-9-21/h5-15,24H,16-19,29H2,1-4H3. The van der Waals surface area contributed by atoms with Gasteiger partial charge in [-0.15, -0.1) is 0 Å². The van der Waals surface area contributed by atoms with Crippen molar-refractivity contribution in [2.75, 3.05) is 25.4 Å². The summed E-state index contributed by atoms with van der Waals surface area (Å²) in [5.74, 6) is -0.0264. The van der Waals surface area contributed by atoms with Gasteiger partial charge in [-0.05, 0) is 70.0 Å². The topological polar surface area (TPSA) is 80.8 Å². The van der Waals surface area contributed by atoms with Crippen LogP contribution in [0.3, 0.4) is 0 Å². The van der Waals surface area contributed by atoms with Crippen LogP contribution in [0.2, 0.25) is 0 Å². The minimum atomic E-state index is -0.568. The molecule has 0 aliphatic carbocycles. The highest BCUT2D eigenvalue weighted by molar-refractivity contribution is 5.96. The first-order valence-electron chi connectivity index (χ1n) is 12.0. The van der Waals surface area contributed by atoms with E-state index in [0.29, 0.717) is 37.3 Å². The van der Waals surface area contributed by atoms with Gasteiger partial charge in [0, 0.05) is 42.9 Å². The van der Waals surface area contributed by atoms with E-state index in [2.05, 4.69) is 12.1 Å². The first-order chi connectivity index (χ1) is 16.6. The molecule has 1 aromatic heterocycles. The van der Waals surface area contributed by atoms with Gasteiger partial charge in [-0.3, -0.25) is 4.79 Å². The fraction of sp³-hybridized carbons (Fsp3) is 0.357. The lowest BCUT2D eigenvalue weighted by Gasteiger charge is -2.42. The molecule has 1 aliphatic heterocycles. The van der Waals surface area contributed by atoms with Gasteiger partial charge < -0.3 is 24.8 Å². The fourth-order valence-electron chi connectivity index (χ4n) is 4.48. The summed E-state index contributed by atoms with van der Waals surface area (Å²) in [4.78, 5) is 30.2. The van der Waals surface area contributed by atoms with E-state index in [9.17, 15) is 9.59 Å². The lowest BCUT2D eigenvalue weighted by molar-refractivity contribution is 0.00436. The third-order valence-corrected chi connectivity index (χ3v) is 6.25. The number of piperazine rings is 1. The molecule has 1 aliphatic rings. The summed E-state index contributed by atoms with van der Waals surface area (Å²) in [6.07, 6.45) is 2.23. The molecular formula is C28H34N4O3. The van der Waals surface area contributed by atoms with Gasteiger partial charge in [0.05, 0.1) is 11.6 Å². The number of anilines is 1. The van der Waals surface area contributed by atoms with E-state index in [4.69, 9.17) is 10.5 Å². The number of rotatable bonds is 4. The van der Waals surface area contributed by atoms with E-state index in [0.717, 1.165) is 16.9 Å². The van der Waals surface area contributed by atoms with Crippen LogP contribution in [0, 0.1) is 6.92 Å². The van der Waals surface area contributed by atoms with Crippen LogP contribution in [0.5, 0.6) is 0 Å².